The third-order valence-corrected chi connectivity index (χ3v) is 5.04. The first kappa shape index (κ1) is 19.9. The molecule has 1 saturated heterocycles. The molecule has 148 valence electrons. The predicted octanol–water partition coefficient (Wildman–Crippen LogP) is 4.50. The average Bonchev–Trinajstić information content (AvgIpc) is 3.12. The van der Waals surface area contributed by atoms with Crippen molar-refractivity contribution in [3.8, 4) is 17.2 Å². The number of hydrogen-bond acceptors (Lipinski definition) is 4. The minimum atomic E-state index is -0.467. The number of carbonyl (C=O) groups excluding carboxylic acids is 1. The molecule has 2 aromatic rings. The van der Waals surface area contributed by atoms with Gasteiger partial charge >= 0.3 is 6.09 Å². The lowest BCUT2D eigenvalue weighted by molar-refractivity contribution is 0.0185. The zero-order valence-corrected chi connectivity index (χ0v) is 17.1. The van der Waals surface area contributed by atoms with E-state index < -0.39 is 5.60 Å². The van der Waals surface area contributed by atoms with Gasteiger partial charge in [0.1, 0.15) is 5.60 Å². The fraction of sp³-hybridized carbons (Fsp3) is 0.500. The number of rotatable bonds is 3. The number of amides is 1. The molecule has 1 aliphatic rings. The Labute approximate surface area is 166 Å². The lowest BCUT2D eigenvalue weighted by Crippen LogP contribution is -2.42. The van der Waals surface area contributed by atoms with Gasteiger partial charge in [-0.25, -0.2) is 4.79 Å². The van der Waals surface area contributed by atoms with Crippen molar-refractivity contribution in [2.45, 2.75) is 58.6 Å². The van der Waals surface area contributed by atoms with E-state index in [1.54, 1.807) is 4.90 Å². The van der Waals surface area contributed by atoms with E-state index in [9.17, 15) is 4.79 Å². The smallest absolute Gasteiger partial charge is 0.410 e. The summed E-state index contributed by atoms with van der Waals surface area (Å²) in [5.74, 6) is 0. The zero-order valence-electron chi connectivity index (χ0n) is 17.1. The summed E-state index contributed by atoms with van der Waals surface area (Å²) in [5.41, 5.74) is 3.90. The summed E-state index contributed by atoms with van der Waals surface area (Å²) >= 11 is 0. The number of aromatic nitrogens is 2. The molecule has 0 radical (unpaired) electrons. The number of likely N-dealkylation sites (tertiary alicyclic amines) is 1. The van der Waals surface area contributed by atoms with Gasteiger partial charge in [0.05, 0.1) is 24.7 Å². The molecule has 0 atom stereocenters. The number of hydrogen-bond donors (Lipinski definition) is 0. The van der Waals surface area contributed by atoms with Crippen molar-refractivity contribution in [1.29, 1.82) is 5.26 Å². The topological polar surface area (TPSA) is 71.2 Å². The zero-order chi connectivity index (χ0) is 20.3. The van der Waals surface area contributed by atoms with Crippen molar-refractivity contribution in [2.75, 3.05) is 13.1 Å². The highest BCUT2D eigenvalue weighted by Crippen LogP contribution is 2.27. The van der Waals surface area contributed by atoms with Gasteiger partial charge in [-0.1, -0.05) is 18.2 Å². The van der Waals surface area contributed by atoms with Crippen molar-refractivity contribution < 1.29 is 9.53 Å². The third kappa shape index (κ3) is 4.72. The molecule has 1 aliphatic heterocycles. The van der Waals surface area contributed by atoms with E-state index in [-0.39, 0.29) is 12.1 Å². The highest BCUT2D eigenvalue weighted by molar-refractivity contribution is 5.68. The standard InChI is InChI=1S/C22H28N4O2/c1-16-13-18(6-5-17(16)7-10-23)19-14-24-26(15-19)20-8-11-25(12-9-20)21(27)28-22(2,3)4/h5-6,13-15,20H,7-9,11-12H2,1-4H3. The second-order valence-corrected chi connectivity index (χ2v) is 8.38. The molecule has 0 saturated carbocycles. The Balaban J connectivity index is 1.63. The van der Waals surface area contributed by atoms with Gasteiger partial charge in [0.15, 0.2) is 0 Å². The molecule has 0 bridgehead atoms. The molecule has 2 heterocycles. The molecule has 0 spiro atoms. The quantitative estimate of drug-likeness (QED) is 0.786. The third-order valence-electron chi connectivity index (χ3n) is 5.04. The molecule has 28 heavy (non-hydrogen) atoms. The van der Waals surface area contributed by atoms with Crippen molar-refractivity contribution >= 4 is 6.09 Å². The summed E-state index contributed by atoms with van der Waals surface area (Å²) in [6.45, 7) is 9.05. The van der Waals surface area contributed by atoms with Gasteiger partial charge in [-0.05, 0) is 57.2 Å². The van der Waals surface area contributed by atoms with Crippen LogP contribution >= 0.6 is 0 Å². The van der Waals surface area contributed by atoms with E-state index in [2.05, 4.69) is 23.4 Å². The fourth-order valence-corrected chi connectivity index (χ4v) is 3.49. The first-order valence-corrected chi connectivity index (χ1v) is 9.76. The maximum absolute atomic E-state index is 12.2. The van der Waals surface area contributed by atoms with Gasteiger partial charge in [0.25, 0.3) is 0 Å². The largest absolute Gasteiger partial charge is 0.444 e. The molecule has 6 heteroatoms. The molecule has 0 unspecified atom stereocenters. The number of carbonyl (C=O) groups is 1. The highest BCUT2D eigenvalue weighted by Gasteiger charge is 2.27. The van der Waals surface area contributed by atoms with Gasteiger partial charge in [-0.2, -0.15) is 10.4 Å². The summed E-state index contributed by atoms with van der Waals surface area (Å²) in [5, 5.41) is 13.5. The highest BCUT2D eigenvalue weighted by atomic mass is 16.6. The van der Waals surface area contributed by atoms with Crippen LogP contribution in [0.1, 0.15) is 50.8 Å². The number of nitriles is 1. The van der Waals surface area contributed by atoms with Crippen molar-refractivity contribution in [3.05, 3.63) is 41.7 Å². The Morgan fingerprint density at radius 2 is 2.00 bits per heavy atom. The second kappa shape index (κ2) is 8.05. The van der Waals surface area contributed by atoms with Gasteiger partial charge in [0, 0.05) is 24.8 Å². The maximum atomic E-state index is 12.2. The maximum Gasteiger partial charge on any atom is 0.410 e. The summed E-state index contributed by atoms with van der Waals surface area (Å²) in [6, 6.07) is 8.66. The Kier molecular flexibility index (Phi) is 5.73. The molecule has 1 fully saturated rings. The van der Waals surface area contributed by atoms with Crippen LogP contribution in [0.25, 0.3) is 11.1 Å². The number of nitrogens with zero attached hydrogens (tertiary/aromatic N) is 4. The van der Waals surface area contributed by atoms with Crippen LogP contribution < -0.4 is 0 Å². The van der Waals surface area contributed by atoms with E-state index in [1.165, 1.54) is 0 Å². The minimum absolute atomic E-state index is 0.236. The summed E-state index contributed by atoms with van der Waals surface area (Å²) in [7, 11) is 0. The Morgan fingerprint density at radius 1 is 1.29 bits per heavy atom. The minimum Gasteiger partial charge on any atom is -0.444 e. The van der Waals surface area contributed by atoms with E-state index in [1.807, 2.05) is 50.7 Å². The van der Waals surface area contributed by atoms with Crippen LogP contribution in [-0.2, 0) is 11.2 Å². The molecule has 3 rings (SSSR count). The second-order valence-electron chi connectivity index (χ2n) is 8.38. The molecule has 6 nitrogen and oxygen atoms in total. The van der Waals surface area contributed by atoms with Gasteiger partial charge in [-0.15, -0.1) is 0 Å². The molecule has 1 amide bonds. The summed E-state index contributed by atoms with van der Waals surface area (Å²) < 4.78 is 7.48. The van der Waals surface area contributed by atoms with Crippen LogP contribution in [0, 0.1) is 18.3 Å². The number of piperidine rings is 1. The molecule has 1 aromatic carbocycles. The molecule has 0 N–H and O–H groups in total. The molecular weight excluding hydrogens is 352 g/mol. The van der Waals surface area contributed by atoms with Gasteiger partial charge < -0.3 is 9.64 Å². The fourth-order valence-electron chi connectivity index (χ4n) is 3.49. The van der Waals surface area contributed by atoms with Gasteiger partial charge in [0.2, 0.25) is 0 Å². The van der Waals surface area contributed by atoms with Crippen LogP contribution in [0.15, 0.2) is 30.6 Å². The van der Waals surface area contributed by atoms with E-state index in [4.69, 9.17) is 10.00 Å². The Morgan fingerprint density at radius 3 is 2.61 bits per heavy atom. The average molecular weight is 380 g/mol. The summed E-state index contributed by atoms with van der Waals surface area (Å²) in [4.78, 5) is 14.0. The van der Waals surface area contributed by atoms with Crippen molar-refractivity contribution in [3.63, 3.8) is 0 Å². The monoisotopic (exact) mass is 380 g/mol. The lowest BCUT2D eigenvalue weighted by Gasteiger charge is -2.33. The van der Waals surface area contributed by atoms with Crippen molar-refractivity contribution in [1.82, 2.24) is 14.7 Å². The molecule has 0 aliphatic carbocycles. The van der Waals surface area contributed by atoms with E-state index in [0.717, 1.165) is 35.1 Å². The van der Waals surface area contributed by atoms with E-state index >= 15 is 0 Å². The van der Waals surface area contributed by atoms with Gasteiger partial charge in [-0.3, -0.25) is 4.68 Å². The Bertz CT molecular complexity index is 881. The summed E-state index contributed by atoms with van der Waals surface area (Å²) in [6.07, 6.45) is 5.88. The lowest BCUT2D eigenvalue weighted by atomic mass is 10.0. The first-order chi connectivity index (χ1) is 13.3. The van der Waals surface area contributed by atoms with Crippen LogP contribution in [-0.4, -0.2) is 39.5 Å². The normalized spacial score (nSPS) is 15.3. The number of ether oxygens (including phenoxy) is 1. The number of benzene rings is 1. The van der Waals surface area contributed by atoms with Crippen LogP contribution in [0.3, 0.4) is 0 Å². The van der Waals surface area contributed by atoms with Crippen molar-refractivity contribution in [2.24, 2.45) is 0 Å². The van der Waals surface area contributed by atoms with Crippen LogP contribution in [0.5, 0.6) is 0 Å². The van der Waals surface area contributed by atoms with E-state index in [0.29, 0.717) is 19.5 Å². The SMILES string of the molecule is Cc1cc(-c2cnn(C3CCN(C(=O)OC(C)(C)C)CC3)c2)ccc1CC#N. The Hall–Kier alpha value is -2.81. The van der Waals surface area contributed by atoms with Crippen LogP contribution in [0.2, 0.25) is 0 Å². The first-order valence-electron chi connectivity index (χ1n) is 9.76. The molecule has 1 aromatic heterocycles. The van der Waals surface area contributed by atoms with Crippen LogP contribution in [0.4, 0.5) is 4.79 Å². The number of aryl methyl sites for hydroxylation is 1. The molecular formula is C22H28N4O2. The predicted molar refractivity (Wildman–Crippen MR) is 108 cm³/mol.